The molecule has 0 aliphatic rings. The number of pyridine rings is 1. The molecule has 5 nitrogen and oxygen atoms in total. The summed E-state index contributed by atoms with van der Waals surface area (Å²) in [7, 11) is 0. The lowest BCUT2D eigenvalue weighted by atomic mass is 10.2. The van der Waals surface area contributed by atoms with Crippen LogP contribution >= 0.6 is 22.7 Å². The van der Waals surface area contributed by atoms with Crippen molar-refractivity contribution in [3.63, 3.8) is 0 Å². The van der Waals surface area contributed by atoms with Crippen molar-refractivity contribution >= 4 is 55.3 Å². The molecule has 0 radical (unpaired) electrons. The highest BCUT2D eigenvalue weighted by Gasteiger charge is 2.10. The summed E-state index contributed by atoms with van der Waals surface area (Å²) in [5.74, 6) is -0.124. The lowest BCUT2D eigenvalue weighted by Crippen LogP contribution is -2.09. The van der Waals surface area contributed by atoms with Crippen LogP contribution in [0.5, 0.6) is 0 Å². The Morgan fingerprint density at radius 3 is 2.92 bits per heavy atom. The topological polar surface area (TPSA) is 66.9 Å². The number of hydrogen-bond acceptors (Lipinski definition) is 6. The number of rotatable bonds is 4. The van der Waals surface area contributed by atoms with Crippen molar-refractivity contribution in [3.8, 4) is 0 Å². The fourth-order valence-electron chi connectivity index (χ4n) is 2.29. The van der Waals surface area contributed by atoms with Gasteiger partial charge in [-0.3, -0.25) is 9.78 Å². The molecule has 7 heteroatoms. The standard InChI is InChI=1S/C17H12N4OS2/c22-16(11-6-8-23-10-11)21-15-9-19-17(24-15)20-14-5-1-4-13-12(14)3-2-7-18-13/h1-10H,(H,19,20)(H,21,22). The second-order valence-electron chi connectivity index (χ2n) is 5.00. The third-order valence-electron chi connectivity index (χ3n) is 3.41. The molecule has 0 aliphatic carbocycles. The molecular weight excluding hydrogens is 340 g/mol. The first-order chi connectivity index (χ1) is 11.8. The molecule has 1 aromatic carbocycles. The van der Waals surface area contributed by atoms with Gasteiger partial charge < -0.3 is 10.6 Å². The number of nitrogens with zero attached hydrogens (tertiary/aromatic N) is 2. The summed E-state index contributed by atoms with van der Waals surface area (Å²) in [6.07, 6.45) is 3.42. The van der Waals surface area contributed by atoms with Crippen molar-refractivity contribution in [2.45, 2.75) is 0 Å². The van der Waals surface area contributed by atoms with Crippen LogP contribution in [0.1, 0.15) is 10.4 Å². The Hall–Kier alpha value is -2.77. The first-order valence-corrected chi connectivity index (χ1v) is 8.96. The van der Waals surface area contributed by atoms with Gasteiger partial charge in [0.2, 0.25) is 0 Å². The number of nitrogens with one attached hydrogen (secondary N) is 2. The van der Waals surface area contributed by atoms with Crippen LogP contribution in [-0.4, -0.2) is 15.9 Å². The van der Waals surface area contributed by atoms with E-state index >= 15 is 0 Å². The Balaban J connectivity index is 1.54. The van der Waals surface area contributed by atoms with Gasteiger partial charge >= 0.3 is 0 Å². The normalized spacial score (nSPS) is 10.7. The third kappa shape index (κ3) is 2.99. The average molecular weight is 352 g/mol. The molecule has 0 unspecified atom stereocenters. The number of anilines is 3. The van der Waals surface area contributed by atoms with Gasteiger partial charge in [-0.15, -0.1) is 0 Å². The molecule has 0 bridgehead atoms. The predicted octanol–water partition coefficient (Wildman–Crippen LogP) is 4.75. The van der Waals surface area contributed by atoms with Crippen LogP contribution in [0.2, 0.25) is 0 Å². The molecule has 0 aliphatic heterocycles. The molecule has 2 N–H and O–H groups in total. The van der Waals surface area contributed by atoms with Gasteiger partial charge in [-0.1, -0.05) is 17.4 Å². The molecule has 118 valence electrons. The van der Waals surface area contributed by atoms with E-state index in [0.29, 0.717) is 15.7 Å². The molecule has 1 amide bonds. The maximum absolute atomic E-state index is 12.1. The SMILES string of the molecule is O=C(Nc1cnc(Nc2cccc3ncccc23)s1)c1ccsc1. The van der Waals surface area contributed by atoms with Crippen LogP contribution in [0.4, 0.5) is 15.8 Å². The zero-order valence-electron chi connectivity index (χ0n) is 12.4. The molecule has 0 saturated carbocycles. The van der Waals surface area contributed by atoms with Gasteiger partial charge in [0.1, 0.15) is 5.00 Å². The van der Waals surface area contributed by atoms with Crippen LogP contribution in [-0.2, 0) is 0 Å². The second-order valence-corrected chi connectivity index (χ2v) is 6.81. The Kier molecular flexibility index (Phi) is 3.94. The summed E-state index contributed by atoms with van der Waals surface area (Å²) in [4.78, 5) is 20.7. The summed E-state index contributed by atoms with van der Waals surface area (Å²) < 4.78 is 0. The van der Waals surface area contributed by atoms with Crippen molar-refractivity contribution in [1.29, 1.82) is 0 Å². The van der Waals surface area contributed by atoms with E-state index in [-0.39, 0.29) is 5.91 Å². The first-order valence-electron chi connectivity index (χ1n) is 7.20. The van der Waals surface area contributed by atoms with Crippen molar-refractivity contribution in [2.24, 2.45) is 0 Å². The van der Waals surface area contributed by atoms with Crippen molar-refractivity contribution < 1.29 is 4.79 Å². The Morgan fingerprint density at radius 1 is 1.08 bits per heavy atom. The number of thiophene rings is 1. The number of amides is 1. The maximum atomic E-state index is 12.1. The lowest BCUT2D eigenvalue weighted by Gasteiger charge is -2.06. The highest BCUT2D eigenvalue weighted by molar-refractivity contribution is 7.19. The molecule has 0 fully saturated rings. The van der Waals surface area contributed by atoms with Crippen molar-refractivity contribution in [3.05, 3.63) is 65.1 Å². The van der Waals surface area contributed by atoms with Gasteiger partial charge in [0.05, 0.1) is 17.3 Å². The Bertz CT molecular complexity index is 989. The molecule has 3 heterocycles. The van der Waals surface area contributed by atoms with Crippen LogP contribution < -0.4 is 10.6 Å². The molecule has 24 heavy (non-hydrogen) atoms. The number of thiazole rings is 1. The summed E-state index contributed by atoms with van der Waals surface area (Å²) >= 11 is 2.89. The molecular formula is C17H12N4OS2. The van der Waals surface area contributed by atoms with E-state index in [2.05, 4.69) is 20.6 Å². The van der Waals surface area contributed by atoms with Gasteiger partial charge in [-0.25, -0.2) is 4.98 Å². The first kappa shape index (κ1) is 14.8. The van der Waals surface area contributed by atoms with Gasteiger partial charge in [-0.2, -0.15) is 11.3 Å². The number of carbonyl (C=O) groups excluding carboxylic acids is 1. The fraction of sp³-hybridized carbons (Fsp3) is 0. The monoisotopic (exact) mass is 352 g/mol. The highest BCUT2D eigenvalue weighted by atomic mass is 32.1. The maximum Gasteiger partial charge on any atom is 0.257 e. The smallest absolute Gasteiger partial charge is 0.257 e. The lowest BCUT2D eigenvalue weighted by molar-refractivity contribution is 0.102. The summed E-state index contributed by atoms with van der Waals surface area (Å²) in [5, 5.41) is 12.3. The van der Waals surface area contributed by atoms with Gasteiger partial charge in [-0.05, 0) is 35.7 Å². The third-order valence-corrected chi connectivity index (χ3v) is 4.92. The van der Waals surface area contributed by atoms with Crippen LogP contribution in [0, 0.1) is 0 Å². The Morgan fingerprint density at radius 2 is 2.04 bits per heavy atom. The molecule has 0 atom stereocenters. The van der Waals surface area contributed by atoms with E-state index in [1.807, 2.05) is 41.1 Å². The quantitative estimate of drug-likeness (QED) is 0.556. The van der Waals surface area contributed by atoms with Gasteiger partial charge in [0, 0.05) is 22.7 Å². The molecule has 4 rings (SSSR count). The van der Waals surface area contributed by atoms with Crippen molar-refractivity contribution in [2.75, 3.05) is 10.6 Å². The number of aromatic nitrogens is 2. The number of fused-ring (bicyclic) bond motifs is 1. The van der Waals surface area contributed by atoms with E-state index in [4.69, 9.17) is 0 Å². The minimum absolute atomic E-state index is 0.124. The number of benzene rings is 1. The van der Waals surface area contributed by atoms with E-state index in [1.165, 1.54) is 22.7 Å². The average Bonchev–Trinajstić information content (AvgIpc) is 3.27. The zero-order valence-corrected chi connectivity index (χ0v) is 14.0. The minimum atomic E-state index is -0.124. The van der Waals surface area contributed by atoms with Crippen LogP contribution in [0.3, 0.4) is 0 Å². The van der Waals surface area contributed by atoms with E-state index in [9.17, 15) is 4.79 Å². The summed E-state index contributed by atoms with van der Waals surface area (Å²) in [6, 6.07) is 11.6. The number of carbonyl (C=O) groups is 1. The van der Waals surface area contributed by atoms with Gasteiger partial charge in [0.15, 0.2) is 5.13 Å². The van der Waals surface area contributed by atoms with Crippen LogP contribution in [0.25, 0.3) is 10.9 Å². The minimum Gasteiger partial charge on any atom is -0.331 e. The molecule has 3 aromatic heterocycles. The van der Waals surface area contributed by atoms with Crippen LogP contribution in [0.15, 0.2) is 59.6 Å². The Labute approximate surface area is 146 Å². The van der Waals surface area contributed by atoms with Crippen molar-refractivity contribution in [1.82, 2.24) is 9.97 Å². The summed E-state index contributed by atoms with van der Waals surface area (Å²) in [5.41, 5.74) is 2.51. The van der Waals surface area contributed by atoms with Gasteiger partial charge in [0.25, 0.3) is 5.91 Å². The summed E-state index contributed by atoms with van der Waals surface area (Å²) in [6.45, 7) is 0. The number of hydrogen-bond donors (Lipinski definition) is 2. The molecule has 4 aromatic rings. The highest BCUT2D eigenvalue weighted by Crippen LogP contribution is 2.30. The second kappa shape index (κ2) is 6.38. The molecule has 0 saturated heterocycles. The van der Waals surface area contributed by atoms with E-state index in [0.717, 1.165) is 16.6 Å². The largest absolute Gasteiger partial charge is 0.331 e. The zero-order chi connectivity index (χ0) is 16.4. The van der Waals surface area contributed by atoms with E-state index in [1.54, 1.807) is 18.5 Å². The molecule has 0 spiro atoms. The van der Waals surface area contributed by atoms with E-state index < -0.39 is 0 Å². The predicted molar refractivity (Wildman–Crippen MR) is 99.4 cm³/mol. The fourth-order valence-corrected chi connectivity index (χ4v) is 3.65.